The molecular formula is C12H18N4S. The lowest BCUT2D eigenvalue weighted by atomic mass is 10.2. The van der Waals surface area contributed by atoms with Crippen molar-refractivity contribution in [3.8, 4) is 0 Å². The van der Waals surface area contributed by atoms with Gasteiger partial charge < -0.3 is 5.32 Å². The predicted octanol–water partition coefficient (Wildman–Crippen LogP) is 1.73. The minimum Gasteiger partial charge on any atom is -0.312 e. The van der Waals surface area contributed by atoms with Crippen LogP contribution < -0.4 is 5.32 Å². The van der Waals surface area contributed by atoms with Crippen LogP contribution in [0.1, 0.15) is 11.3 Å². The Morgan fingerprint density at radius 3 is 3.06 bits per heavy atom. The fraction of sp³-hybridized carbons (Fsp3) is 0.500. The van der Waals surface area contributed by atoms with Gasteiger partial charge in [0.15, 0.2) is 5.65 Å². The third-order valence-electron chi connectivity index (χ3n) is 2.73. The van der Waals surface area contributed by atoms with Crippen molar-refractivity contribution in [3.05, 3.63) is 23.5 Å². The number of hydrogen-bond acceptors (Lipinski definition) is 4. The molecule has 17 heavy (non-hydrogen) atoms. The highest BCUT2D eigenvalue weighted by molar-refractivity contribution is 7.98. The number of rotatable bonds is 5. The molecular weight excluding hydrogens is 232 g/mol. The standard InChI is InChI=1S/C12H18N4S/c1-9-11-6-10(7-13-4-5-17-3)8-14-12(11)16(2)15-9/h6,8,13H,4-5,7H2,1-3H3. The smallest absolute Gasteiger partial charge is 0.157 e. The molecule has 0 aromatic carbocycles. The van der Waals surface area contributed by atoms with E-state index < -0.39 is 0 Å². The van der Waals surface area contributed by atoms with Gasteiger partial charge in [-0.3, -0.25) is 4.68 Å². The summed E-state index contributed by atoms with van der Waals surface area (Å²) >= 11 is 1.85. The van der Waals surface area contributed by atoms with E-state index in [1.807, 2.05) is 36.6 Å². The highest BCUT2D eigenvalue weighted by Gasteiger charge is 2.06. The van der Waals surface area contributed by atoms with Crippen LogP contribution >= 0.6 is 11.8 Å². The molecule has 2 aromatic heterocycles. The van der Waals surface area contributed by atoms with Crippen LogP contribution in [0.5, 0.6) is 0 Å². The molecule has 0 aliphatic heterocycles. The summed E-state index contributed by atoms with van der Waals surface area (Å²) < 4.78 is 1.83. The van der Waals surface area contributed by atoms with Gasteiger partial charge in [-0.25, -0.2) is 4.98 Å². The van der Waals surface area contributed by atoms with Gasteiger partial charge in [-0.05, 0) is 24.8 Å². The number of fused-ring (bicyclic) bond motifs is 1. The second kappa shape index (κ2) is 5.51. The van der Waals surface area contributed by atoms with Gasteiger partial charge in [0.2, 0.25) is 0 Å². The third kappa shape index (κ3) is 2.79. The summed E-state index contributed by atoms with van der Waals surface area (Å²) in [6.45, 7) is 3.93. The zero-order chi connectivity index (χ0) is 12.3. The number of aromatic nitrogens is 3. The lowest BCUT2D eigenvalue weighted by molar-refractivity contribution is 0.730. The summed E-state index contributed by atoms with van der Waals surface area (Å²) in [5.74, 6) is 1.14. The summed E-state index contributed by atoms with van der Waals surface area (Å²) in [6, 6.07) is 2.18. The number of pyridine rings is 1. The van der Waals surface area contributed by atoms with Gasteiger partial charge in [0.25, 0.3) is 0 Å². The molecule has 92 valence electrons. The molecule has 0 radical (unpaired) electrons. The van der Waals surface area contributed by atoms with E-state index in [4.69, 9.17) is 0 Å². The van der Waals surface area contributed by atoms with Crippen molar-refractivity contribution in [2.75, 3.05) is 18.6 Å². The fourth-order valence-electron chi connectivity index (χ4n) is 1.85. The van der Waals surface area contributed by atoms with Crippen LogP contribution in [0.25, 0.3) is 11.0 Å². The fourth-order valence-corrected chi connectivity index (χ4v) is 2.20. The molecule has 0 atom stereocenters. The van der Waals surface area contributed by atoms with E-state index >= 15 is 0 Å². The van der Waals surface area contributed by atoms with Crippen LogP contribution in [-0.2, 0) is 13.6 Å². The highest BCUT2D eigenvalue weighted by Crippen LogP contribution is 2.16. The molecule has 0 aliphatic carbocycles. The first-order valence-electron chi connectivity index (χ1n) is 5.70. The maximum Gasteiger partial charge on any atom is 0.157 e. The Labute approximate surface area is 106 Å². The van der Waals surface area contributed by atoms with Gasteiger partial charge in [-0.1, -0.05) is 0 Å². The third-order valence-corrected chi connectivity index (χ3v) is 3.34. The molecule has 2 aromatic rings. The van der Waals surface area contributed by atoms with Gasteiger partial charge >= 0.3 is 0 Å². The zero-order valence-electron chi connectivity index (χ0n) is 10.5. The summed E-state index contributed by atoms with van der Waals surface area (Å²) in [7, 11) is 1.93. The van der Waals surface area contributed by atoms with E-state index in [2.05, 4.69) is 27.7 Å². The molecule has 5 heteroatoms. The minimum atomic E-state index is 0.873. The lowest BCUT2D eigenvalue weighted by Crippen LogP contribution is -2.16. The minimum absolute atomic E-state index is 0.873. The Morgan fingerprint density at radius 2 is 2.29 bits per heavy atom. The Kier molecular flexibility index (Phi) is 4.02. The van der Waals surface area contributed by atoms with E-state index in [0.717, 1.165) is 35.6 Å². The van der Waals surface area contributed by atoms with Crippen molar-refractivity contribution >= 4 is 22.8 Å². The zero-order valence-corrected chi connectivity index (χ0v) is 11.3. The molecule has 0 saturated carbocycles. The first-order chi connectivity index (χ1) is 8.22. The topological polar surface area (TPSA) is 42.7 Å². The van der Waals surface area contributed by atoms with Gasteiger partial charge in [0.05, 0.1) is 5.69 Å². The summed E-state index contributed by atoms with van der Waals surface area (Å²) in [6.07, 6.45) is 4.05. The van der Waals surface area contributed by atoms with Crippen LogP contribution in [-0.4, -0.2) is 33.3 Å². The van der Waals surface area contributed by atoms with Crippen LogP contribution in [0.4, 0.5) is 0 Å². The summed E-state index contributed by atoms with van der Waals surface area (Å²) in [5.41, 5.74) is 3.21. The maximum absolute atomic E-state index is 4.46. The molecule has 1 N–H and O–H groups in total. The van der Waals surface area contributed by atoms with Crippen molar-refractivity contribution in [2.24, 2.45) is 7.05 Å². The van der Waals surface area contributed by atoms with Crippen LogP contribution in [0.15, 0.2) is 12.3 Å². The first-order valence-corrected chi connectivity index (χ1v) is 7.09. The number of nitrogens with one attached hydrogen (secondary N) is 1. The molecule has 0 aliphatic rings. The number of hydrogen-bond donors (Lipinski definition) is 1. The van der Waals surface area contributed by atoms with Crippen molar-refractivity contribution in [1.82, 2.24) is 20.1 Å². The lowest BCUT2D eigenvalue weighted by Gasteiger charge is -2.03. The van der Waals surface area contributed by atoms with E-state index in [1.165, 1.54) is 5.56 Å². The van der Waals surface area contributed by atoms with E-state index in [9.17, 15) is 0 Å². The van der Waals surface area contributed by atoms with E-state index in [-0.39, 0.29) is 0 Å². The average Bonchev–Trinajstić information content (AvgIpc) is 2.61. The number of aryl methyl sites for hydroxylation is 2. The summed E-state index contributed by atoms with van der Waals surface area (Å²) in [4.78, 5) is 4.46. The Balaban J connectivity index is 2.11. The highest BCUT2D eigenvalue weighted by atomic mass is 32.2. The SMILES string of the molecule is CSCCNCc1cnc2c(c1)c(C)nn2C. The molecule has 4 nitrogen and oxygen atoms in total. The van der Waals surface area contributed by atoms with Crippen molar-refractivity contribution < 1.29 is 0 Å². The molecule has 0 bridgehead atoms. The molecule has 2 rings (SSSR count). The molecule has 0 unspecified atom stereocenters. The van der Waals surface area contributed by atoms with Crippen LogP contribution in [0, 0.1) is 6.92 Å². The number of nitrogens with zero attached hydrogens (tertiary/aromatic N) is 3. The Morgan fingerprint density at radius 1 is 1.47 bits per heavy atom. The Hall–Kier alpha value is -1.07. The number of thioether (sulfide) groups is 1. The molecule has 0 fully saturated rings. The van der Waals surface area contributed by atoms with Gasteiger partial charge in [0, 0.05) is 37.5 Å². The second-order valence-electron chi connectivity index (χ2n) is 4.09. The molecule has 0 amide bonds. The normalized spacial score (nSPS) is 11.2. The average molecular weight is 250 g/mol. The molecule has 0 saturated heterocycles. The van der Waals surface area contributed by atoms with Crippen molar-refractivity contribution in [2.45, 2.75) is 13.5 Å². The van der Waals surface area contributed by atoms with E-state index in [1.54, 1.807) is 0 Å². The predicted molar refractivity (Wildman–Crippen MR) is 73.3 cm³/mol. The van der Waals surface area contributed by atoms with Gasteiger partial charge in [-0.15, -0.1) is 0 Å². The Bertz CT molecular complexity index is 506. The van der Waals surface area contributed by atoms with Crippen molar-refractivity contribution in [3.63, 3.8) is 0 Å². The van der Waals surface area contributed by atoms with E-state index in [0.29, 0.717) is 0 Å². The summed E-state index contributed by atoms with van der Waals surface area (Å²) in [5, 5.41) is 8.93. The van der Waals surface area contributed by atoms with Gasteiger partial charge in [0.1, 0.15) is 0 Å². The second-order valence-corrected chi connectivity index (χ2v) is 5.08. The van der Waals surface area contributed by atoms with Crippen molar-refractivity contribution in [1.29, 1.82) is 0 Å². The largest absolute Gasteiger partial charge is 0.312 e. The van der Waals surface area contributed by atoms with Crippen LogP contribution in [0.2, 0.25) is 0 Å². The van der Waals surface area contributed by atoms with Crippen LogP contribution in [0.3, 0.4) is 0 Å². The molecule has 0 spiro atoms. The monoisotopic (exact) mass is 250 g/mol. The first kappa shape index (κ1) is 12.4. The quantitative estimate of drug-likeness (QED) is 0.821. The molecule has 2 heterocycles. The van der Waals surface area contributed by atoms with Gasteiger partial charge in [-0.2, -0.15) is 16.9 Å². The maximum atomic E-state index is 4.46.